The minimum atomic E-state index is -3.74. The molecule has 3 rings (SSSR count). The minimum absolute atomic E-state index is 0.117. The lowest BCUT2D eigenvalue weighted by Gasteiger charge is -2.43. The highest BCUT2D eigenvalue weighted by molar-refractivity contribution is 7.89. The quantitative estimate of drug-likeness (QED) is 0.793. The number of nitriles is 1. The number of hydrogen-bond donors (Lipinski definition) is 1. The molecule has 0 unspecified atom stereocenters. The Kier molecular flexibility index (Phi) is 6.56. The van der Waals surface area contributed by atoms with Gasteiger partial charge in [0.05, 0.1) is 23.1 Å². The third-order valence-electron chi connectivity index (χ3n) is 5.24. The Hall–Kier alpha value is -2.73. The molecule has 2 aromatic carbocycles. The molecule has 0 radical (unpaired) electrons. The number of amides is 1. The number of nitrogens with one attached hydrogen (secondary N) is 1. The maximum Gasteiger partial charge on any atom is 0.243 e. The molecule has 1 aliphatic heterocycles. The Morgan fingerprint density at radius 1 is 1.13 bits per heavy atom. The number of carbonyl (C=O) groups excluding carboxylic acids is 1. The number of hydrogen-bond acceptors (Lipinski definition) is 5. The summed E-state index contributed by atoms with van der Waals surface area (Å²) in [6.07, 6.45) is 0. The Labute approximate surface area is 178 Å². The fraction of sp³-hybridized carbons (Fsp3) is 0.364. The van der Waals surface area contributed by atoms with Crippen molar-refractivity contribution in [2.45, 2.75) is 37.8 Å². The van der Waals surface area contributed by atoms with E-state index in [0.29, 0.717) is 18.7 Å². The normalized spacial score (nSPS) is 20.5. The fourth-order valence-electron chi connectivity index (χ4n) is 3.97. The molecule has 1 N–H and O–H groups in total. The number of piperazine rings is 1. The summed E-state index contributed by atoms with van der Waals surface area (Å²) >= 11 is 0. The van der Waals surface area contributed by atoms with Gasteiger partial charge in [0.2, 0.25) is 15.9 Å². The molecule has 158 valence electrons. The highest BCUT2D eigenvalue weighted by Crippen LogP contribution is 2.26. The van der Waals surface area contributed by atoms with Crippen LogP contribution in [0.5, 0.6) is 0 Å². The van der Waals surface area contributed by atoms with Crippen molar-refractivity contribution in [2.24, 2.45) is 0 Å². The molecule has 8 heteroatoms. The van der Waals surface area contributed by atoms with Crippen LogP contribution in [0.4, 0.5) is 5.69 Å². The Morgan fingerprint density at radius 3 is 2.43 bits per heavy atom. The van der Waals surface area contributed by atoms with Crippen molar-refractivity contribution < 1.29 is 13.2 Å². The van der Waals surface area contributed by atoms with E-state index >= 15 is 0 Å². The van der Waals surface area contributed by atoms with Gasteiger partial charge in [-0.25, -0.2) is 8.42 Å². The highest BCUT2D eigenvalue weighted by Gasteiger charge is 2.38. The van der Waals surface area contributed by atoms with E-state index < -0.39 is 10.0 Å². The van der Waals surface area contributed by atoms with E-state index in [2.05, 4.69) is 5.32 Å². The molecule has 2 atom stereocenters. The molecule has 0 spiro atoms. The van der Waals surface area contributed by atoms with Crippen LogP contribution in [-0.2, 0) is 14.8 Å². The molecular weight excluding hydrogens is 400 g/mol. The average molecular weight is 427 g/mol. The first kappa shape index (κ1) is 22.0. The maximum absolute atomic E-state index is 13.2. The van der Waals surface area contributed by atoms with Crippen molar-refractivity contribution >= 4 is 21.6 Å². The van der Waals surface area contributed by atoms with Crippen LogP contribution in [0.3, 0.4) is 0 Å². The third kappa shape index (κ3) is 4.70. The van der Waals surface area contributed by atoms with Crippen LogP contribution in [0, 0.1) is 18.3 Å². The van der Waals surface area contributed by atoms with Crippen molar-refractivity contribution in [2.75, 3.05) is 25.0 Å². The maximum atomic E-state index is 13.2. The van der Waals surface area contributed by atoms with E-state index in [0.717, 1.165) is 11.3 Å². The van der Waals surface area contributed by atoms with Gasteiger partial charge in [-0.1, -0.05) is 24.3 Å². The molecule has 0 saturated carbocycles. The van der Waals surface area contributed by atoms with Crippen molar-refractivity contribution in [3.8, 4) is 6.07 Å². The Balaban J connectivity index is 1.70. The van der Waals surface area contributed by atoms with Crippen LogP contribution in [0.2, 0.25) is 0 Å². The van der Waals surface area contributed by atoms with E-state index in [9.17, 15) is 13.2 Å². The zero-order chi connectivity index (χ0) is 21.9. The molecular formula is C22H26N4O3S. The second kappa shape index (κ2) is 8.96. The summed E-state index contributed by atoms with van der Waals surface area (Å²) in [5, 5.41) is 12.0. The van der Waals surface area contributed by atoms with Gasteiger partial charge in [0.25, 0.3) is 0 Å². The lowest BCUT2D eigenvalue weighted by Crippen LogP contribution is -2.59. The first-order valence-electron chi connectivity index (χ1n) is 9.84. The molecule has 1 fully saturated rings. The molecule has 1 aliphatic rings. The van der Waals surface area contributed by atoms with Gasteiger partial charge in [-0.05, 0) is 50.6 Å². The molecule has 0 bridgehead atoms. The average Bonchev–Trinajstić information content (AvgIpc) is 2.69. The van der Waals surface area contributed by atoms with Crippen LogP contribution < -0.4 is 5.32 Å². The third-order valence-corrected chi connectivity index (χ3v) is 7.36. The molecule has 30 heavy (non-hydrogen) atoms. The first-order valence-corrected chi connectivity index (χ1v) is 11.3. The van der Waals surface area contributed by atoms with E-state index in [1.807, 2.05) is 56.0 Å². The largest absolute Gasteiger partial charge is 0.325 e. The van der Waals surface area contributed by atoms with Crippen molar-refractivity contribution in [3.05, 3.63) is 59.7 Å². The topological polar surface area (TPSA) is 93.5 Å². The number of nitrogens with zero attached hydrogens (tertiary/aromatic N) is 3. The van der Waals surface area contributed by atoms with Gasteiger partial charge >= 0.3 is 0 Å². The zero-order valence-corrected chi connectivity index (χ0v) is 18.2. The number of para-hydroxylation sites is 1. The number of benzene rings is 2. The van der Waals surface area contributed by atoms with E-state index in [1.54, 1.807) is 12.1 Å². The second-order valence-corrected chi connectivity index (χ2v) is 9.57. The van der Waals surface area contributed by atoms with Gasteiger partial charge in [0, 0.05) is 30.9 Å². The zero-order valence-electron chi connectivity index (χ0n) is 17.4. The first-order chi connectivity index (χ1) is 14.2. The second-order valence-electron chi connectivity index (χ2n) is 7.73. The van der Waals surface area contributed by atoms with Gasteiger partial charge < -0.3 is 5.32 Å². The molecule has 0 aliphatic carbocycles. The van der Waals surface area contributed by atoms with Crippen LogP contribution in [-0.4, -0.2) is 55.2 Å². The fourth-order valence-corrected chi connectivity index (χ4v) is 5.82. The van der Waals surface area contributed by atoms with Crippen LogP contribution in [0.15, 0.2) is 53.4 Å². The monoisotopic (exact) mass is 426 g/mol. The van der Waals surface area contributed by atoms with Gasteiger partial charge in [0.15, 0.2) is 0 Å². The van der Waals surface area contributed by atoms with E-state index in [-0.39, 0.29) is 29.4 Å². The number of anilines is 1. The number of aryl methyl sites for hydroxylation is 1. The lowest BCUT2D eigenvalue weighted by atomic mass is 10.1. The number of rotatable bonds is 5. The van der Waals surface area contributed by atoms with Crippen molar-refractivity contribution in [1.82, 2.24) is 9.21 Å². The molecule has 0 aromatic heterocycles. The number of carbonyl (C=O) groups is 1. The summed E-state index contributed by atoms with van der Waals surface area (Å²) in [6, 6.07) is 15.0. The van der Waals surface area contributed by atoms with Gasteiger partial charge in [-0.3, -0.25) is 9.69 Å². The van der Waals surface area contributed by atoms with Crippen LogP contribution >= 0.6 is 0 Å². The molecule has 2 aromatic rings. The van der Waals surface area contributed by atoms with Crippen molar-refractivity contribution in [1.29, 1.82) is 5.26 Å². The number of sulfonamides is 1. The van der Waals surface area contributed by atoms with Crippen molar-refractivity contribution in [3.63, 3.8) is 0 Å². The summed E-state index contributed by atoms with van der Waals surface area (Å²) < 4.78 is 27.9. The standard InChI is InChI=1S/C22H26N4O3S/c1-16-7-4-5-10-21(16)24-22(27)15-25-13-17(2)26(18(3)14-25)30(28,29)20-9-6-8-19(11-20)12-23/h4-11,17-18H,13-15H2,1-3H3,(H,24,27)/t17-,18+. The Morgan fingerprint density at radius 2 is 1.80 bits per heavy atom. The lowest BCUT2D eigenvalue weighted by molar-refractivity contribution is -0.118. The van der Waals surface area contributed by atoms with Gasteiger partial charge in [-0.2, -0.15) is 9.57 Å². The molecule has 7 nitrogen and oxygen atoms in total. The van der Waals surface area contributed by atoms with E-state index in [1.165, 1.54) is 16.4 Å². The highest BCUT2D eigenvalue weighted by atomic mass is 32.2. The van der Waals surface area contributed by atoms with E-state index in [4.69, 9.17) is 5.26 Å². The smallest absolute Gasteiger partial charge is 0.243 e. The SMILES string of the molecule is Cc1ccccc1NC(=O)CN1C[C@@H](C)N(S(=O)(=O)c2cccc(C#N)c2)[C@@H](C)C1. The molecule has 1 saturated heterocycles. The summed E-state index contributed by atoms with van der Waals surface area (Å²) in [5.74, 6) is -0.123. The van der Waals surface area contributed by atoms with Crippen LogP contribution in [0.1, 0.15) is 25.0 Å². The molecule has 1 heterocycles. The molecule has 1 amide bonds. The summed E-state index contributed by atoms with van der Waals surface area (Å²) in [6.45, 7) is 6.71. The minimum Gasteiger partial charge on any atom is -0.325 e. The summed E-state index contributed by atoms with van der Waals surface area (Å²) in [5.41, 5.74) is 2.08. The summed E-state index contributed by atoms with van der Waals surface area (Å²) in [7, 11) is -3.74. The Bertz CT molecular complexity index is 1070. The predicted molar refractivity (Wildman–Crippen MR) is 115 cm³/mol. The van der Waals surface area contributed by atoms with Gasteiger partial charge in [-0.15, -0.1) is 0 Å². The summed E-state index contributed by atoms with van der Waals surface area (Å²) in [4.78, 5) is 14.6. The predicted octanol–water partition coefficient (Wildman–Crippen LogP) is 2.59. The van der Waals surface area contributed by atoms with Gasteiger partial charge in [0.1, 0.15) is 0 Å². The van der Waals surface area contributed by atoms with Crippen LogP contribution in [0.25, 0.3) is 0 Å².